The average Bonchev–Trinajstić information content (AvgIpc) is 2.91. The molecule has 0 radical (unpaired) electrons. The standard InChI is InChI=1S/C22H29N3O3/c1-15-18-8-4-5-9-20(18)23-16(2)19(15)13-21(26)25-11-6-7-17(10-12-25)24(3)14-22(27)28/h4-5,8-9,17H,6-7,10-14H2,1-3H3,(H,27,28)/t17-/m1/s1. The van der Waals surface area contributed by atoms with Gasteiger partial charge in [-0.2, -0.15) is 0 Å². The fourth-order valence-electron chi connectivity index (χ4n) is 4.21. The molecule has 3 rings (SSSR count). The van der Waals surface area contributed by atoms with E-state index in [4.69, 9.17) is 5.11 Å². The van der Waals surface area contributed by atoms with Crippen molar-refractivity contribution in [3.8, 4) is 0 Å². The summed E-state index contributed by atoms with van der Waals surface area (Å²) in [5.41, 5.74) is 4.03. The van der Waals surface area contributed by atoms with Gasteiger partial charge in [-0.25, -0.2) is 0 Å². The van der Waals surface area contributed by atoms with E-state index in [9.17, 15) is 9.59 Å². The van der Waals surface area contributed by atoms with E-state index >= 15 is 0 Å². The van der Waals surface area contributed by atoms with Crippen LogP contribution in [0.25, 0.3) is 10.9 Å². The second kappa shape index (κ2) is 8.69. The SMILES string of the molecule is Cc1nc2ccccc2c(C)c1CC(=O)N1CCC[C@@H](N(C)CC(=O)O)CC1. The molecule has 1 fully saturated rings. The van der Waals surface area contributed by atoms with Crippen LogP contribution in [0.3, 0.4) is 0 Å². The first-order chi connectivity index (χ1) is 13.4. The van der Waals surface area contributed by atoms with Gasteiger partial charge in [0.05, 0.1) is 18.5 Å². The van der Waals surface area contributed by atoms with E-state index < -0.39 is 5.97 Å². The topological polar surface area (TPSA) is 73.7 Å². The predicted octanol–water partition coefficient (Wildman–Crippen LogP) is 2.79. The molecular weight excluding hydrogens is 354 g/mol. The molecule has 2 heterocycles. The molecule has 1 amide bonds. The molecule has 1 N–H and O–H groups in total. The molecule has 1 aliphatic rings. The Morgan fingerprint density at radius 1 is 1.21 bits per heavy atom. The summed E-state index contributed by atoms with van der Waals surface area (Å²) in [5.74, 6) is -0.681. The molecule has 0 unspecified atom stereocenters. The lowest BCUT2D eigenvalue weighted by Crippen LogP contribution is -2.37. The van der Waals surface area contributed by atoms with Gasteiger partial charge < -0.3 is 10.0 Å². The Hall–Kier alpha value is -2.47. The number of hydrogen-bond donors (Lipinski definition) is 1. The third kappa shape index (κ3) is 4.50. The number of pyridine rings is 1. The summed E-state index contributed by atoms with van der Waals surface area (Å²) in [7, 11) is 1.85. The zero-order valence-electron chi connectivity index (χ0n) is 16.9. The number of likely N-dealkylation sites (tertiary alicyclic amines) is 1. The number of aryl methyl sites for hydroxylation is 2. The third-order valence-electron chi connectivity index (χ3n) is 5.87. The van der Waals surface area contributed by atoms with E-state index in [1.54, 1.807) is 0 Å². The summed E-state index contributed by atoms with van der Waals surface area (Å²) in [4.78, 5) is 32.5. The average molecular weight is 383 g/mol. The van der Waals surface area contributed by atoms with Gasteiger partial charge in [-0.05, 0) is 57.4 Å². The monoisotopic (exact) mass is 383 g/mol. The van der Waals surface area contributed by atoms with Gasteiger partial charge in [0.25, 0.3) is 0 Å². The fourth-order valence-corrected chi connectivity index (χ4v) is 4.21. The van der Waals surface area contributed by atoms with E-state index in [0.717, 1.165) is 53.5 Å². The summed E-state index contributed by atoms with van der Waals surface area (Å²) < 4.78 is 0. The van der Waals surface area contributed by atoms with Gasteiger partial charge in [-0.1, -0.05) is 18.2 Å². The van der Waals surface area contributed by atoms with Crippen LogP contribution in [0.4, 0.5) is 0 Å². The van der Waals surface area contributed by atoms with Gasteiger partial charge in [0.2, 0.25) is 5.91 Å². The number of carbonyl (C=O) groups is 2. The Bertz CT molecular complexity index is 881. The van der Waals surface area contributed by atoms with Crippen molar-refractivity contribution < 1.29 is 14.7 Å². The number of rotatable bonds is 5. The van der Waals surface area contributed by atoms with Gasteiger partial charge >= 0.3 is 5.97 Å². The van der Waals surface area contributed by atoms with Gasteiger partial charge in [0.1, 0.15) is 0 Å². The maximum absolute atomic E-state index is 13.0. The highest BCUT2D eigenvalue weighted by molar-refractivity contribution is 5.86. The van der Waals surface area contributed by atoms with Crippen molar-refractivity contribution in [2.45, 2.75) is 45.6 Å². The van der Waals surface area contributed by atoms with E-state index in [1.165, 1.54) is 0 Å². The largest absolute Gasteiger partial charge is 0.480 e. The van der Waals surface area contributed by atoms with Crippen molar-refractivity contribution in [1.82, 2.24) is 14.8 Å². The van der Waals surface area contributed by atoms with Crippen molar-refractivity contribution in [3.63, 3.8) is 0 Å². The highest BCUT2D eigenvalue weighted by Gasteiger charge is 2.25. The second-order valence-electron chi connectivity index (χ2n) is 7.77. The number of aliphatic carboxylic acids is 1. The quantitative estimate of drug-likeness (QED) is 0.859. The molecule has 150 valence electrons. The number of carboxylic acids is 1. The normalized spacial score (nSPS) is 17.7. The molecular formula is C22H29N3O3. The second-order valence-corrected chi connectivity index (χ2v) is 7.77. The maximum atomic E-state index is 13.0. The number of nitrogens with zero attached hydrogens (tertiary/aromatic N) is 3. The van der Waals surface area contributed by atoms with E-state index in [-0.39, 0.29) is 18.5 Å². The van der Waals surface area contributed by atoms with Crippen LogP contribution in [0, 0.1) is 13.8 Å². The Balaban J connectivity index is 1.70. The Labute approximate surface area is 166 Å². The van der Waals surface area contributed by atoms with Crippen LogP contribution in [0.1, 0.15) is 36.1 Å². The maximum Gasteiger partial charge on any atom is 0.317 e. The van der Waals surface area contributed by atoms with Crippen LogP contribution in [0.2, 0.25) is 0 Å². The molecule has 1 aromatic carbocycles. The van der Waals surface area contributed by atoms with E-state index in [1.807, 2.05) is 42.0 Å². The minimum Gasteiger partial charge on any atom is -0.480 e. The highest BCUT2D eigenvalue weighted by Crippen LogP contribution is 2.24. The highest BCUT2D eigenvalue weighted by atomic mass is 16.4. The first kappa shape index (κ1) is 20.3. The van der Waals surface area contributed by atoms with Crippen LogP contribution < -0.4 is 0 Å². The lowest BCUT2D eigenvalue weighted by molar-refractivity contribution is -0.138. The molecule has 1 aliphatic heterocycles. The van der Waals surface area contributed by atoms with Gasteiger partial charge in [-0.15, -0.1) is 0 Å². The van der Waals surface area contributed by atoms with Crippen molar-refractivity contribution in [2.75, 3.05) is 26.7 Å². The van der Waals surface area contributed by atoms with Gasteiger partial charge in [0.15, 0.2) is 0 Å². The molecule has 1 atom stereocenters. The van der Waals surface area contributed by atoms with Crippen molar-refractivity contribution in [3.05, 3.63) is 41.1 Å². The molecule has 6 nitrogen and oxygen atoms in total. The van der Waals surface area contributed by atoms with Crippen molar-refractivity contribution in [1.29, 1.82) is 0 Å². The number of carboxylic acid groups (broad SMARTS) is 1. The van der Waals surface area contributed by atoms with E-state index in [2.05, 4.69) is 18.0 Å². The zero-order valence-corrected chi connectivity index (χ0v) is 16.9. The lowest BCUT2D eigenvalue weighted by Gasteiger charge is -2.26. The summed E-state index contributed by atoms with van der Waals surface area (Å²) >= 11 is 0. The summed E-state index contributed by atoms with van der Waals surface area (Å²) in [5, 5.41) is 10.1. The summed E-state index contributed by atoms with van der Waals surface area (Å²) in [6.45, 7) is 5.49. The minimum atomic E-state index is -0.811. The molecule has 0 aliphatic carbocycles. The van der Waals surface area contributed by atoms with Crippen LogP contribution in [0.5, 0.6) is 0 Å². The molecule has 0 bridgehead atoms. The fraction of sp³-hybridized carbons (Fsp3) is 0.500. The summed E-state index contributed by atoms with van der Waals surface area (Å²) in [6, 6.07) is 8.25. The number of para-hydroxylation sites is 1. The Morgan fingerprint density at radius 2 is 1.96 bits per heavy atom. The molecule has 2 aromatic rings. The van der Waals surface area contributed by atoms with Gasteiger partial charge in [0, 0.05) is 30.2 Å². The Kier molecular flexibility index (Phi) is 6.29. The minimum absolute atomic E-state index is 0.0414. The number of hydrogen-bond acceptors (Lipinski definition) is 4. The molecule has 1 saturated heterocycles. The van der Waals surface area contributed by atoms with Crippen LogP contribution >= 0.6 is 0 Å². The van der Waals surface area contributed by atoms with Gasteiger partial charge in [-0.3, -0.25) is 19.5 Å². The van der Waals surface area contributed by atoms with Crippen molar-refractivity contribution >= 4 is 22.8 Å². The summed E-state index contributed by atoms with van der Waals surface area (Å²) in [6.07, 6.45) is 2.99. The number of amides is 1. The zero-order chi connectivity index (χ0) is 20.3. The van der Waals surface area contributed by atoms with Crippen LogP contribution in [0.15, 0.2) is 24.3 Å². The predicted molar refractivity (Wildman–Crippen MR) is 109 cm³/mol. The van der Waals surface area contributed by atoms with Crippen LogP contribution in [-0.4, -0.2) is 64.5 Å². The van der Waals surface area contributed by atoms with E-state index in [0.29, 0.717) is 13.0 Å². The first-order valence-electron chi connectivity index (χ1n) is 9.91. The Morgan fingerprint density at radius 3 is 2.71 bits per heavy atom. The molecule has 0 spiro atoms. The number of carbonyl (C=O) groups excluding carboxylic acids is 1. The first-order valence-corrected chi connectivity index (χ1v) is 9.91. The number of fused-ring (bicyclic) bond motifs is 1. The van der Waals surface area contributed by atoms with Crippen LogP contribution in [-0.2, 0) is 16.0 Å². The lowest BCUT2D eigenvalue weighted by atomic mass is 9.99. The molecule has 6 heteroatoms. The number of aromatic nitrogens is 1. The number of benzene rings is 1. The number of likely N-dealkylation sites (N-methyl/N-ethyl adjacent to an activating group) is 1. The van der Waals surface area contributed by atoms with Crippen molar-refractivity contribution in [2.24, 2.45) is 0 Å². The molecule has 0 saturated carbocycles. The third-order valence-corrected chi connectivity index (χ3v) is 5.87. The molecule has 1 aromatic heterocycles. The smallest absolute Gasteiger partial charge is 0.317 e. The molecule has 28 heavy (non-hydrogen) atoms.